The summed E-state index contributed by atoms with van der Waals surface area (Å²) in [7, 11) is 2.26. The SMILES string of the molecule is CN1CCC(N)CC1CC(c1cccc(Cl)c1)C1CCCC1. The number of nitrogens with zero attached hydrogens (tertiary/aromatic N) is 1. The second kappa shape index (κ2) is 7.33. The van der Waals surface area contributed by atoms with Gasteiger partial charge in [-0.25, -0.2) is 0 Å². The highest BCUT2D eigenvalue weighted by molar-refractivity contribution is 6.30. The van der Waals surface area contributed by atoms with Crippen LogP contribution in [0.4, 0.5) is 0 Å². The summed E-state index contributed by atoms with van der Waals surface area (Å²) in [6.45, 7) is 1.14. The number of nitrogens with two attached hydrogens (primary N) is 1. The molecular weight excluding hydrogens is 292 g/mol. The van der Waals surface area contributed by atoms with Gasteiger partial charge in [0, 0.05) is 17.1 Å². The molecule has 3 heteroatoms. The molecule has 1 aromatic rings. The molecule has 1 heterocycles. The van der Waals surface area contributed by atoms with Crippen LogP contribution in [0, 0.1) is 5.92 Å². The second-order valence-corrected chi connectivity index (χ2v) is 7.80. The van der Waals surface area contributed by atoms with Crippen molar-refractivity contribution < 1.29 is 0 Å². The fourth-order valence-corrected chi connectivity index (χ4v) is 4.67. The fourth-order valence-electron chi connectivity index (χ4n) is 4.47. The van der Waals surface area contributed by atoms with Crippen LogP contribution in [-0.2, 0) is 0 Å². The minimum atomic E-state index is 0.379. The van der Waals surface area contributed by atoms with Crippen LogP contribution in [0.2, 0.25) is 5.02 Å². The highest BCUT2D eigenvalue weighted by Crippen LogP contribution is 2.41. The molecule has 3 atom stereocenters. The Morgan fingerprint density at radius 2 is 2.05 bits per heavy atom. The highest BCUT2D eigenvalue weighted by Gasteiger charge is 2.32. The van der Waals surface area contributed by atoms with Gasteiger partial charge in [0.05, 0.1) is 0 Å². The standard InChI is InChI=1S/C19H29ClN2/c1-22-10-9-17(21)12-18(22)13-19(14-5-2-3-6-14)15-7-4-8-16(20)11-15/h4,7-8,11,14,17-19H,2-3,5-6,9-10,12-13,21H2,1H3. The summed E-state index contributed by atoms with van der Waals surface area (Å²) in [6, 6.07) is 9.55. The molecule has 2 fully saturated rings. The Bertz CT molecular complexity index is 484. The molecule has 1 aliphatic heterocycles. The Hall–Kier alpha value is -0.570. The molecule has 0 radical (unpaired) electrons. The van der Waals surface area contributed by atoms with Gasteiger partial charge in [0.1, 0.15) is 0 Å². The average molecular weight is 321 g/mol. The number of hydrogen-bond donors (Lipinski definition) is 1. The molecule has 1 saturated heterocycles. The zero-order valence-electron chi connectivity index (χ0n) is 13.7. The van der Waals surface area contributed by atoms with Crippen LogP contribution < -0.4 is 5.73 Å². The van der Waals surface area contributed by atoms with Crippen molar-refractivity contribution in [2.75, 3.05) is 13.6 Å². The van der Waals surface area contributed by atoms with Gasteiger partial charge in [-0.2, -0.15) is 0 Å². The number of rotatable bonds is 4. The third-order valence-corrected chi connectivity index (χ3v) is 6.06. The summed E-state index contributed by atoms with van der Waals surface area (Å²) in [5.74, 6) is 1.46. The van der Waals surface area contributed by atoms with Crippen LogP contribution in [0.1, 0.15) is 56.4 Å². The Morgan fingerprint density at radius 3 is 2.77 bits per heavy atom. The number of piperidine rings is 1. The van der Waals surface area contributed by atoms with Gasteiger partial charge in [0.2, 0.25) is 0 Å². The molecule has 2 aliphatic rings. The lowest BCUT2D eigenvalue weighted by atomic mass is 9.78. The lowest BCUT2D eigenvalue weighted by Gasteiger charge is -2.39. The molecule has 1 aliphatic carbocycles. The zero-order chi connectivity index (χ0) is 15.5. The van der Waals surface area contributed by atoms with Gasteiger partial charge in [0.15, 0.2) is 0 Å². The van der Waals surface area contributed by atoms with E-state index in [1.165, 1.54) is 37.7 Å². The van der Waals surface area contributed by atoms with E-state index in [0.29, 0.717) is 18.0 Å². The van der Waals surface area contributed by atoms with E-state index in [0.717, 1.165) is 30.3 Å². The molecule has 122 valence electrons. The molecule has 2 nitrogen and oxygen atoms in total. The van der Waals surface area contributed by atoms with Crippen molar-refractivity contribution in [2.24, 2.45) is 11.7 Å². The van der Waals surface area contributed by atoms with Crippen LogP contribution >= 0.6 is 11.6 Å². The second-order valence-electron chi connectivity index (χ2n) is 7.36. The van der Waals surface area contributed by atoms with E-state index < -0.39 is 0 Å². The van der Waals surface area contributed by atoms with Gasteiger partial charge in [-0.1, -0.05) is 36.6 Å². The lowest BCUT2D eigenvalue weighted by molar-refractivity contribution is 0.145. The first kappa shape index (κ1) is 16.3. The van der Waals surface area contributed by atoms with E-state index in [2.05, 4.69) is 30.1 Å². The number of hydrogen-bond acceptors (Lipinski definition) is 2. The number of halogens is 1. The first-order chi connectivity index (χ1) is 10.6. The van der Waals surface area contributed by atoms with E-state index in [4.69, 9.17) is 17.3 Å². The molecule has 3 rings (SSSR count). The van der Waals surface area contributed by atoms with E-state index >= 15 is 0 Å². The topological polar surface area (TPSA) is 29.3 Å². The van der Waals surface area contributed by atoms with Crippen LogP contribution in [0.5, 0.6) is 0 Å². The summed E-state index contributed by atoms with van der Waals surface area (Å²) in [5, 5.41) is 0.870. The maximum atomic E-state index is 6.26. The van der Waals surface area contributed by atoms with Crippen LogP contribution in [0.15, 0.2) is 24.3 Å². The van der Waals surface area contributed by atoms with Gasteiger partial charge < -0.3 is 10.6 Å². The summed E-state index contributed by atoms with van der Waals surface area (Å²) >= 11 is 6.26. The van der Waals surface area contributed by atoms with Gasteiger partial charge >= 0.3 is 0 Å². The molecule has 1 saturated carbocycles. The predicted molar refractivity (Wildman–Crippen MR) is 94.4 cm³/mol. The molecule has 0 bridgehead atoms. The van der Waals surface area contributed by atoms with Crippen LogP contribution in [-0.4, -0.2) is 30.6 Å². The predicted octanol–water partition coefficient (Wildman–Crippen LogP) is 4.43. The normalized spacial score (nSPS) is 28.9. The van der Waals surface area contributed by atoms with Crippen molar-refractivity contribution in [2.45, 2.75) is 62.9 Å². The van der Waals surface area contributed by atoms with E-state index in [-0.39, 0.29) is 0 Å². The Balaban J connectivity index is 1.79. The Labute approximate surface area is 140 Å². The van der Waals surface area contributed by atoms with Crippen LogP contribution in [0.25, 0.3) is 0 Å². The number of likely N-dealkylation sites (tertiary alicyclic amines) is 1. The largest absolute Gasteiger partial charge is 0.328 e. The minimum absolute atomic E-state index is 0.379. The smallest absolute Gasteiger partial charge is 0.0408 e. The van der Waals surface area contributed by atoms with Crippen molar-refractivity contribution >= 4 is 11.6 Å². The summed E-state index contributed by atoms with van der Waals surface area (Å²) in [5.41, 5.74) is 7.67. The highest BCUT2D eigenvalue weighted by atomic mass is 35.5. The van der Waals surface area contributed by atoms with Gasteiger partial charge in [0.25, 0.3) is 0 Å². The molecule has 22 heavy (non-hydrogen) atoms. The molecule has 0 amide bonds. The average Bonchev–Trinajstić information content (AvgIpc) is 3.02. The van der Waals surface area contributed by atoms with Gasteiger partial charge in [-0.05, 0) is 75.2 Å². The molecule has 2 N–H and O–H groups in total. The van der Waals surface area contributed by atoms with Crippen LogP contribution in [0.3, 0.4) is 0 Å². The van der Waals surface area contributed by atoms with E-state index in [1.807, 2.05) is 6.07 Å². The number of benzene rings is 1. The van der Waals surface area contributed by atoms with Crippen molar-refractivity contribution in [3.05, 3.63) is 34.9 Å². The molecule has 1 aromatic carbocycles. The maximum Gasteiger partial charge on any atom is 0.0408 e. The maximum absolute atomic E-state index is 6.26. The van der Waals surface area contributed by atoms with E-state index in [1.54, 1.807) is 0 Å². The van der Waals surface area contributed by atoms with Gasteiger partial charge in [-0.3, -0.25) is 0 Å². The van der Waals surface area contributed by atoms with Crippen molar-refractivity contribution in [1.82, 2.24) is 4.90 Å². The van der Waals surface area contributed by atoms with Crippen molar-refractivity contribution in [1.29, 1.82) is 0 Å². The molecular formula is C19H29ClN2. The summed E-state index contributed by atoms with van der Waals surface area (Å²) in [4.78, 5) is 2.52. The zero-order valence-corrected chi connectivity index (χ0v) is 14.4. The Kier molecular flexibility index (Phi) is 5.43. The third kappa shape index (κ3) is 3.84. The molecule has 3 unspecified atom stereocenters. The van der Waals surface area contributed by atoms with Crippen molar-refractivity contribution in [3.8, 4) is 0 Å². The van der Waals surface area contributed by atoms with Gasteiger partial charge in [-0.15, -0.1) is 0 Å². The summed E-state index contributed by atoms with van der Waals surface area (Å²) < 4.78 is 0. The lowest BCUT2D eigenvalue weighted by Crippen LogP contribution is -2.45. The van der Waals surface area contributed by atoms with Crippen molar-refractivity contribution in [3.63, 3.8) is 0 Å². The fraction of sp³-hybridized carbons (Fsp3) is 0.684. The monoisotopic (exact) mass is 320 g/mol. The molecule has 0 aromatic heterocycles. The minimum Gasteiger partial charge on any atom is -0.328 e. The third-order valence-electron chi connectivity index (χ3n) is 5.82. The molecule has 0 spiro atoms. The summed E-state index contributed by atoms with van der Waals surface area (Å²) in [6.07, 6.45) is 9.04. The Morgan fingerprint density at radius 1 is 1.27 bits per heavy atom. The first-order valence-electron chi connectivity index (χ1n) is 8.85. The van der Waals surface area contributed by atoms with E-state index in [9.17, 15) is 0 Å². The quantitative estimate of drug-likeness (QED) is 0.889. The first-order valence-corrected chi connectivity index (χ1v) is 9.22.